The molecular formula is C27H27ClN2O5S. The summed E-state index contributed by atoms with van der Waals surface area (Å²) in [5.41, 5.74) is 2.53. The van der Waals surface area contributed by atoms with Gasteiger partial charge in [-0.2, -0.15) is 0 Å². The van der Waals surface area contributed by atoms with Gasteiger partial charge in [0.1, 0.15) is 10.8 Å². The van der Waals surface area contributed by atoms with E-state index in [0.717, 1.165) is 29.7 Å². The Balaban J connectivity index is 1.36. The predicted molar refractivity (Wildman–Crippen MR) is 141 cm³/mol. The van der Waals surface area contributed by atoms with Crippen molar-refractivity contribution in [2.45, 2.75) is 33.1 Å². The third-order valence-electron chi connectivity index (χ3n) is 5.83. The van der Waals surface area contributed by atoms with Gasteiger partial charge in [-0.3, -0.25) is 9.59 Å². The van der Waals surface area contributed by atoms with Crippen molar-refractivity contribution in [2.75, 3.05) is 23.8 Å². The number of thiophene rings is 1. The minimum Gasteiger partial charge on any atom is -0.484 e. The smallest absolute Gasteiger partial charge is 0.341 e. The third-order valence-corrected chi connectivity index (χ3v) is 7.25. The number of hydrogen-bond donors (Lipinski definition) is 2. The normalized spacial score (nSPS) is 14.5. The number of hydrogen-bond acceptors (Lipinski definition) is 6. The van der Waals surface area contributed by atoms with E-state index in [1.165, 1.54) is 11.3 Å². The van der Waals surface area contributed by atoms with Crippen LogP contribution in [0.2, 0.25) is 5.02 Å². The first-order valence-electron chi connectivity index (χ1n) is 11.7. The fourth-order valence-electron chi connectivity index (χ4n) is 4.01. The number of ether oxygens (including phenoxy) is 2. The van der Waals surface area contributed by atoms with Crippen molar-refractivity contribution >= 4 is 51.4 Å². The van der Waals surface area contributed by atoms with E-state index in [2.05, 4.69) is 17.6 Å². The lowest BCUT2D eigenvalue weighted by atomic mass is 9.88. The Morgan fingerprint density at radius 3 is 2.47 bits per heavy atom. The Morgan fingerprint density at radius 1 is 1.06 bits per heavy atom. The molecule has 1 atom stereocenters. The molecule has 1 aliphatic carbocycles. The van der Waals surface area contributed by atoms with E-state index < -0.39 is 5.97 Å². The quantitative estimate of drug-likeness (QED) is 0.352. The molecule has 9 heteroatoms. The van der Waals surface area contributed by atoms with Gasteiger partial charge in [0, 0.05) is 21.2 Å². The van der Waals surface area contributed by atoms with Gasteiger partial charge < -0.3 is 20.1 Å². The molecule has 0 radical (unpaired) electrons. The van der Waals surface area contributed by atoms with Crippen molar-refractivity contribution in [2.24, 2.45) is 5.92 Å². The molecule has 1 aromatic heterocycles. The molecule has 2 aromatic carbocycles. The summed E-state index contributed by atoms with van der Waals surface area (Å²) in [6.45, 7) is 3.98. The number of carbonyl (C=O) groups excluding carboxylic acids is 3. The van der Waals surface area contributed by atoms with E-state index >= 15 is 0 Å². The number of anilines is 2. The van der Waals surface area contributed by atoms with E-state index in [4.69, 9.17) is 21.1 Å². The van der Waals surface area contributed by atoms with Gasteiger partial charge in [-0.1, -0.05) is 18.5 Å². The highest BCUT2D eigenvalue weighted by molar-refractivity contribution is 7.17. The van der Waals surface area contributed by atoms with Gasteiger partial charge >= 0.3 is 5.97 Å². The van der Waals surface area contributed by atoms with E-state index in [1.807, 2.05) is 0 Å². The minimum atomic E-state index is -0.409. The molecule has 188 valence electrons. The van der Waals surface area contributed by atoms with Crippen LogP contribution in [0, 0.1) is 5.92 Å². The van der Waals surface area contributed by atoms with Gasteiger partial charge in [0.15, 0.2) is 6.61 Å². The number of halogens is 1. The van der Waals surface area contributed by atoms with Crippen LogP contribution in [0.5, 0.6) is 5.75 Å². The van der Waals surface area contributed by atoms with E-state index in [-0.39, 0.29) is 25.0 Å². The molecule has 0 saturated carbocycles. The van der Waals surface area contributed by atoms with Gasteiger partial charge in [0.2, 0.25) is 0 Å². The van der Waals surface area contributed by atoms with Gasteiger partial charge in [0.25, 0.3) is 11.8 Å². The maximum Gasteiger partial charge on any atom is 0.341 e. The highest BCUT2D eigenvalue weighted by Crippen LogP contribution is 2.40. The second-order valence-corrected chi connectivity index (χ2v) is 10.1. The number of benzene rings is 2. The molecule has 2 amide bonds. The minimum absolute atomic E-state index is 0.239. The summed E-state index contributed by atoms with van der Waals surface area (Å²) in [6, 6.07) is 13.3. The van der Waals surface area contributed by atoms with Crippen LogP contribution in [-0.2, 0) is 22.4 Å². The third kappa shape index (κ3) is 6.25. The van der Waals surface area contributed by atoms with Crippen LogP contribution in [0.1, 0.15) is 51.4 Å². The molecule has 0 aliphatic heterocycles. The fraction of sp³-hybridized carbons (Fsp3) is 0.296. The highest BCUT2D eigenvalue weighted by Gasteiger charge is 2.29. The van der Waals surface area contributed by atoms with Crippen LogP contribution in [0.25, 0.3) is 0 Å². The number of esters is 1. The number of nitrogens with one attached hydrogen (secondary N) is 2. The second kappa shape index (κ2) is 11.6. The zero-order valence-electron chi connectivity index (χ0n) is 20.1. The van der Waals surface area contributed by atoms with Crippen LogP contribution in [0.4, 0.5) is 10.7 Å². The summed E-state index contributed by atoms with van der Waals surface area (Å²) in [5, 5.41) is 6.72. The molecule has 2 N–H and O–H groups in total. The molecule has 0 spiro atoms. The van der Waals surface area contributed by atoms with Gasteiger partial charge in [-0.15, -0.1) is 11.3 Å². The summed E-state index contributed by atoms with van der Waals surface area (Å²) in [4.78, 5) is 38.8. The van der Waals surface area contributed by atoms with Crippen molar-refractivity contribution in [3.05, 3.63) is 75.1 Å². The molecule has 0 fully saturated rings. The molecule has 0 saturated heterocycles. The van der Waals surface area contributed by atoms with Crippen molar-refractivity contribution in [3.8, 4) is 5.75 Å². The summed E-state index contributed by atoms with van der Waals surface area (Å²) in [5.74, 6) is -0.0819. The average molecular weight is 527 g/mol. The molecule has 1 aliphatic rings. The Bertz CT molecular complexity index is 1250. The lowest BCUT2D eigenvalue weighted by Gasteiger charge is -2.18. The maximum atomic E-state index is 12.6. The Morgan fingerprint density at radius 2 is 1.78 bits per heavy atom. The Hall–Kier alpha value is -3.36. The molecule has 3 aromatic rings. The number of fused-ring (bicyclic) bond motifs is 1. The van der Waals surface area contributed by atoms with Crippen LogP contribution >= 0.6 is 22.9 Å². The summed E-state index contributed by atoms with van der Waals surface area (Å²) in [6.07, 6.45) is 2.68. The van der Waals surface area contributed by atoms with Crippen LogP contribution < -0.4 is 15.4 Å². The lowest BCUT2D eigenvalue weighted by molar-refractivity contribution is -0.118. The maximum absolute atomic E-state index is 12.6. The number of rotatable bonds is 8. The topological polar surface area (TPSA) is 93.7 Å². The van der Waals surface area contributed by atoms with Crippen molar-refractivity contribution in [1.82, 2.24) is 0 Å². The average Bonchev–Trinajstić information content (AvgIpc) is 3.21. The molecule has 4 rings (SSSR count). The van der Waals surface area contributed by atoms with Gasteiger partial charge in [-0.25, -0.2) is 4.79 Å². The molecule has 1 heterocycles. The Labute approximate surface area is 218 Å². The molecule has 36 heavy (non-hydrogen) atoms. The lowest BCUT2D eigenvalue weighted by Crippen LogP contribution is -2.21. The molecular weight excluding hydrogens is 500 g/mol. The highest BCUT2D eigenvalue weighted by atomic mass is 35.5. The first-order valence-corrected chi connectivity index (χ1v) is 12.9. The number of carbonyl (C=O) groups is 3. The van der Waals surface area contributed by atoms with Crippen LogP contribution in [0.15, 0.2) is 48.5 Å². The Kier molecular flexibility index (Phi) is 8.28. The van der Waals surface area contributed by atoms with E-state index in [0.29, 0.717) is 38.5 Å². The van der Waals surface area contributed by atoms with Crippen molar-refractivity contribution in [1.29, 1.82) is 0 Å². The SMILES string of the molecule is CCOC(=O)c1c(NC(=O)COc2ccc(C(=O)Nc3ccc(Cl)cc3)cc2)sc2c1CCC(C)C2. The van der Waals surface area contributed by atoms with Crippen LogP contribution in [0.3, 0.4) is 0 Å². The fourth-order valence-corrected chi connectivity index (χ4v) is 5.55. The predicted octanol–water partition coefficient (Wildman–Crippen LogP) is 5.97. The van der Waals surface area contributed by atoms with Crippen molar-refractivity contribution in [3.63, 3.8) is 0 Å². The summed E-state index contributed by atoms with van der Waals surface area (Å²) >= 11 is 7.30. The van der Waals surface area contributed by atoms with Crippen LogP contribution in [-0.4, -0.2) is 31.0 Å². The molecule has 1 unspecified atom stereocenters. The summed E-state index contributed by atoms with van der Waals surface area (Å²) in [7, 11) is 0. The van der Waals surface area contributed by atoms with Crippen molar-refractivity contribution < 1.29 is 23.9 Å². The largest absolute Gasteiger partial charge is 0.484 e. The number of amides is 2. The van der Waals surface area contributed by atoms with E-state index in [1.54, 1.807) is 55.5 Å². The molecule has 7 nitrogen and oxygen atoms in total. The molecule has 0 bridgehead atoms. The summed E-state index contributed by atoms with van der Waals surface area (Å²) < 4.78 is 10.9. The zero-order chi connectivity index (χ0) is 25.7. The zero-order valence-corrected chi connectivity index (χ0v) is 21.6. The monoisotopic (exact) mass is 526 g/mol. The van der Waals surface area contributed by atoms with Gasteiger partial charge in [-0.05, 0) is 86.2 Å². The van der Waals surface area contributed by atoms with Gasteiger partial charge in [0.05, 0.1) is 12.2 Å². The van der Waals surface area contributed by atoms with E-state index in [9.17, 15) is 14.4 Å². The second-order valence-electron chi connectivity index (χ2n) is 8.60. The standard InChI is InChI=1S/C27H27ClN2O5S/c1-3-34-27(33)24-21-13-4-16(2)14-22(21)36-26(24)30-23(31)15-35-20-11-5-17(6-12-20)25(32)29-19-9-7-18(28)8-10-19/h5-12,16H,3-4,13-15H2,1-2H3,(H,29,32)(H,30,31). The first kappa shape index (κ1) is 25.7. The first-order chi connectivity index (χ1) is 17.3.